The van der Waals surface area contributed by atoms with Gasteiger partial charge in [-0.05, 0) is 112 Å². The maximum atomic E-state index is 14.6. The van der Waals surface area contributed by atoms with Crippen molar-refractivity contribution in [2.75, 3.05) is 23.8 Å². The summed E-state index contributed by atoms with van der Waals surface area (Å²) in [5.41, 5.74) is 3.57. The predicted molar refractivity (Wildman–Crippen MR) is 226 cm³/mol. The summed E-state index contributed by atoms with van der Waals surface area (Å²) in [6.45, 7) is 10.7. The Hall–Kier alpha value is -2.00. The van der Waals surface area contributed by atoms with Gasteiger partial charge in [-0.25, -0.2) is 0 Å². The summed E-state index contributed by atoms with van der Waals surface area (Å²) in [6.07, 6.45) is 21.0. The first kappa shape index (κ1) is 41.6. The van der Waals surface area contributed by atoms with E-state index in [4.69, 9.17) is 9.47 Å². The van der Waals surface area contributed by atoms with Crippen molar-refractivity contribution in [1.29, 1.82) is 0 Å². The number of amides is 2. The molecule has 6 nitrogen and oxygen atoms in total. The summed E-state index contributed by atoms with van der Waals surface area (Å²) >= 11 is 0. The molecule has 2 aliphatic carbocycles. The third kappa shape index (κ3) is 10.9. The Morgan fingerprint density at radius 3 is 1.39 bits per heavy atom. The Labute approximate surface area is 334 Å². The number of rotatable bonds is 17. The van der Waals surface area contributed by atoms with E-state index in [1.807, 2.05) is 0 Å². The van der Waals surface area contributed by atoms with Crippen LogP contribution in [0, 0.1) is 22.7 Å². The molecule has 8 heteroatoms. The Morgan fingerprint density at radius 2 is 1.04 bits per heavy atom. The highest BCUT2D eigenvalue weighted by atomic mass is 33.1. The molecule has 2 unspecified atom stereocenters. The number of ether oxygens (including phenoxy) is 2. The lowest BCUT2D eigenvalue weighted by atomic mass is 9.69. The molecule has 2 atom stereocenters. The molecule has 2 saturated heterocycles. The Kier molecular flexibility index (Phi) is 15.4. The summed E-state index contributed by atoms with van der Waals surface area (Å²) in [6, 6.07) is 13.0. The number of carbonyl (C=O) groups excluding carboxylic acids is 2. The molecule has 2 amide bonds. The van der Waals surface area contributed by atoms with Crippen LogP contribution in [0.4, 0.5) is 11.4 Å². The highest BCUT2D eigenvalue weighted by molar-refractivity contribution is 8.76. The summed E-state index contributed by atoms with van der Waals surface area (Å²) in [5, 5.41) is 7.17. The van der Waals surface area contributed by atoms with E-state index < -0.39 is 0 Å². The van der Waals surface area contributed by atoms with Crippen LogP contribution in [0.3, 0.4) is 0 Å². The normalized spacial score (nSPS) is 22.5. The van der Waals surface area contributed by atoms with Gasteiger partial charge in [-0.3, -0.25) is 9.59 Å². The average Bonchev–Trinajstić information content (AvgIpc) is 3.90. The minimum atomic E-state index is -0.312. The van der Waals surface area contributed by atoms with Crippen LogP contribution in [-0.2, 0) is 31.9 Å². The molecule has 0 spiro atoms. The standard InChI is InChI=1S/C46H68N2O4S2/c1-33(2)21-27-45(23-7-5-8-24-45)43(49)47-41-35(31-37-17-13-29-51-37)15-11-19-39(41)53-54-40-20-12-16-36(32-38-18-14-30-52-38)42(40)48-44(50)46(28-22-34(3)4)25-9-6-10-26-46/h11-12,15-16,19-20,33-34,37-38H,5-10,13-14,17-18,21-32H2,1-4H3,(H,47,49)(H,48,50). The summed E-state index contributed by atoms with van der Waals surface area (Å²) in [5.74, 6) is 1.53. The van der Waals surface area contributed by atoms with Gasteiger partial charge in [0.25, 0.3) is 0 Å². The highest BCUT2D eigenvalue weighted by Gasteiger charge is 2.41. The van der Waals surface area contributed by atoms with E-state index in [1.165, 1.54) is 12.8 Å². The van der Waals surface area contributed by atoms with E-state index in [-0.39, 0.29) is 34.9 Å². The van der Waals surface area contributed by atoms with Crippen LogP contribution in [0.25, 0.3) is 0 Å². The fraction of sp³-hybridized carbons (Fsp3) is 0.696. The van der Waals surface area contributed by atoms with Crippen molar-refractivity contribution in [3.05, 3.63) is 47.5 Å². The zero-order valence-electron chi connectivity index (χ0n) is 33.8. The second-order valence-corrected chi connectivity index (χ2v) is 20.1. The minimum Gasteiger partial charge on any atom is -0.378 e. The number of carbonyl (C=O) groups is 2. The van der Waals surface area contributed by atoms with Crippen molar-refractivity contribution in [1.82, 2.24) is 0 Å². The SMILES string of the molecule is CC(C)CCC1(C(=O)Nc2c(CC3CCCO3)cccc2SSc2cccc(CC3CCCO3)c2NC(=O)C2(CCC(C)C)CCCCC2)CCCCC1. The van der Waals surface area contributed by atoms with E-state index >= 15 is 0 Å². The van der Waals surface area contributed by atoms with E-state index in [2.05, 4.69) is 74.7 Å². The molecule has 2 N–H and O–H groups in total. The van der Waals surface area contributed by atoms with Gasteiger partial charge < -0.3 is 20.1 Å². The predicted octanol–water partition coefficient (Wildman–Crippen LogP) is 12.6. The molecule has 54 heavy (non-hydrogen) atoms. The zero-order valence-corrected chi connectivity index (χ0v) is 35.4. The van der Waals surface area contributed by atoms with Gasteiger partial charge in [0, 0.05) is 46.7 Å². The van der Waals surface area contributed by atoms with E-state index in [0.29, 0.717) is 11.8 Å². The zero-order chi connectivity index (χ0) is 38.0. The third-order valence-corrected chi connectivity index (χ3v) is 15.3. The number of hydrogen-bond donors (Lipinski definition) is 2. The minimum absolute atomic E-state index is 0.178. The van der Waals surface area contributed by atoms with Crippen molar-refractivity contribution in [3.8, 4) is 0 Å². The number of para-hydroxylation sites is 2. The van der Waals surface area contributed by atoms with Gasteiger partial charge in [-0.15, -0.1) is 0 Å². The van der Waals surface area contributed by atoms with E-state index in [0.717, 1.165) is 161 Å². The second-order valence-electron chi connectivity index (χ2n) is 17.9. The fourth-order valence-corrected chi connectivity index (χ4v) is 11.7. The molecule has 4 fully saturated rings. The van der Waals surface area contributed by atoms with Crippen molar-refractivity contribution in [3.63, 3.8) is 0 Å². The van der Waals surface area contributed by atoms with Gasteiger partial charge in [0.05, 0.1) is 23.6 Å². The molecule has 0 bridgehead atoms. The molecule has 2 saturated carbocycles. The van der Waals surface area contributed by atoms with Gasteiger partial charge in [0.1, 0.15) is 0 Å². The number of nitrogens with one attached hydrogen (secondary N) is 2. The molecular weight excluding hydrogens is 709 g/mol. The average molecular weight is 777 g/mol. The maximum absolute atomic E-state index is 14.6. The molecule has 2 aromatic rings. The lowest BCUT2D eigenvalue weighted by Crippen LogP contribution is -2.38. The third-order valence-electron chi connectivity index (χ3n) is 12.9. The van der Waals surface area contributed by atoms with Crippen molar-refractivity contribution < 1.29 is 19.1 Å². The molecule has 6 rings (SSSR count). The van der Waals surface area contributed by atoms with Crippen LogP contribution in [-0.4, -0.2) is 37.2 Å². The smallest absolute Gasteiger partial charge is 0.230 e. The number of anilines is 2. The molecule has 298 valence electrons. The first-order valence-electron chi connectivity index (χ1n) is 21.6. The quantitative estimate of drug-likeness (QED) is 0.156. The van der Waals surface area contributed by atoms with Gasteiger partial charge in [0.2, 0.25) is 11.8 Å². The number of hydrogen-bond acceptors (Lipinski definition) is 6. The molecule has 4 aliphatic rings. The van der Waals surface area contributed by atoms with Crippen molar-refractivity contribution in [2.45, 2.75) is 178 Å². The largest absolute Gasteiger partial charge is 0.378 e. The van der Waals surface area contributed by atoms with Crippen LogP contribution >= 0.6 is 21.6 Å². The fourth-order valence-electron chi connectivity index (χ4n) is 9.37. The van der Waals surface area contributed by atoms with Gasteiger partial charge in [-0.1, -0.05) is 112 Å². The maximum Gasteiger partial charge on any atom is 0.230 e. The van der Waals surface area contributed by atoms with Gasteiger partial charge >= 0.3 is 0 Å². The van der Waals surface area contributed by atoms with Crippen LogP contribution in [0.1, 0.15) is 154 Å². The number of benzene rings is 2. The lowest BCUT2D eigenvalue weighted by Gasteiger charge is -2.37. The molecule has 2 heterocycles. The van der Waals surface area contributed by atoms with E-state index in [9.17, 15) is 9.59 Å². The molecular formula is C46H68N2O4S2. The molecule has 2 aliphatic heterocycles. The van der Waals surface area contributed by atoms with Crippen molar-refractivity contribution in [2.24, 2.45) is 22.7 Å². The topological polar surface area (TPSA) is 76.7 Å². The summed E-state index contributed by atoms with van der Waals surface area (Å²) in [4.78, 5) is 31.2. The Balaban J connectivity index is 1.30. The Morgan fingerprint density at radius 1 is 0.630 bits per heavy atom. The van der Waals surface area contributed by atoms with Crippen molar-refractivity contribution >= 4 is 44.8 Å². The van der Waals surface area contributed by atoms with Gasteiger partial charge in [-0.2, -0.15) is 0 Å². The van der Waals surface area contributed by atoms with E-state index in [1.54, 1.807) is 21.6 Å². The van der Waals surface area contributed by atoms with Crippen LogP contribution in [0.5, 0.6) is 0 Å². The van der Waals surface area contributed by atoms with Crippen LogP contribution < -0.4 is 10.6 Å². The lowest BCUT2D eigenvalue weighted by molar-refractivity contribution is -0.128. The first-order valence-corrected chi connectivity index (χ1v) is 23.8. The summed E-state index contributed by atoms with van der Waals surface area (Å²) < 4.78 is 12.2. The molecule has 0 aromatic heterocycles. The van der Waals surface area contributed by atoms with Crippen LogP contribution in [0.2, 0.25) is 0 Å². The molecule has 2 aromatic carbocycles. The monoisotopic (exact) mass is 776 g/mol. The second kappa shape index (κ2) is 19.9. The molecule has 0 radical (unpaired) electrons. The highest BCUT2D eigenvalue weighted by Crippen LogP contribution is 2.49. The Bertz CT molecular complexity index is 1410. The summed E-state index contributed by atoms with van der Waals surface area (Å²) in [7, 11) is 3.40. The van der Waals surface area contributed by atoms with Gasteiger partial charge in [0.15, 0.2) is 0 Å². The van der Waals surface area contributed by atoms with Crippen LogP contribution in [0.15, 0.2) is 46.2 Å². The first-order chi connectivity index (χ1) is 26.2.